The fourth-order valence-electron chi connectivity index (χ4n) is 7.52. The second-order valence-electron chi connectivity index (χ2n) is 14.5. The van der Waals surface area contributed by atoms with Crippen molar-refractivity contribution in [1.29, 1.82) is 0 Å². The van der Waals surface area contributed by atoms with Crippen LogP contribution in [0, 0.1) is 17.2 Å². The Balaban J connectivity index is 1.06. The molecule has 9 nitrogen and oxygen atoms in total. The van der Waals surface area contributed by atoms with E-state index in [-0.39, 0.29) is 35.4 Å². The van der Waals surface area contributed by atoms with Gasteiger partial charge in [0.25, 0.3) is 5.91 Å². The number of nitrogens with zero attached hydrogens (tertiary/aromatic N) is 5. The summed E-state index contributed by atoms with van der Waals surface area (Å²) in [5.74, 6) is 0.410. The van der Waals surface area contributed by atoms with Crippen molar-refractivity contribution in [3.8, 4) is 22.8 Å². The van der Waals surface area contributed by atoms with Gasteiger partial charge in [0.1, 0.15) is 17.3 Å². The number of carbonyl (C=O) groups excluding carboxylic acids is 2. The maximum atomic E-state index is 15.6. The number of amides is 2. The first kappa shape index (κ1) is 30.7. The summed E-state index contributed by atoms with van der Waals surface area (Å²) < 4.78 is 21.9. The predicted octanol–water partition coefficient (Wildman–Crippen LogP) is 5.08. The third-order valence-corrected chi connectivity index (χ3v) is 10.2. The van der Waals surface area contributed by atoms with Crippen LogP contribution in [-0.2, 0) is 11.3 Å². The minimum absolute atomic E-state index is 0.0347. The second kappa shape index (κ2) is 12.0. The SMILES string of the molecule is CC(C)c1ccc(-c2ccc(Oc3cc(C(=O)NC4CC5(C4)CN(C4CN(C)C4)C5)c(F)cc3CN3C[C@@H](C)CC3=O)cc2)nn1. The first-order chi connectivity index (χ1) is 22.0. The molecule has 0 bridgehead atoms. The minimum atomic E-state index is -0.615. The third-order valence-electron chi connectivity index (χ3n) is 10.2. The predicted molar refractivity (Wildman–Crippen MR) is 173 cm³/mol. The molecular weight excluding hydrogens is 583 g/mol. The number of carbonyl (C=O) groups is 2. The van der Waals surface area contributed by atoms with Crippen LogP contribution in [0.1, 0.15) is 67.6 Å². The van der Waals surface area contributed by atoms with E-state index in [0.717, 1.165) is 56.0 Å². The van der Waals surface area contributed by atoms with Crippen LogP contribution in [0.2, 0.25) is 0 Å². The van der Waals surface area contributed by atoms with Gasteiger partial charge in [0.15, 0.2) is 0 Å². The molecule has 46 heavy (non-hydrogen) atoms. The lowest BCUT2D eigenvalue weighted by Crippen LogP contribution is -2.72. The van der Waals surface area contributed by atoms with Crippen molar-refractivity contribution in [1.82, 2.24) is 30.2 Å². The summed E-state index contributed by atoms with van der Waals surface area (Å²) in [5.41, 5.74) is 3.33. The lowest BCUT2D eigenvalue weighted by molar-refractivity contribution is -0.128. The molecule has 10 heteroatoms. The number of ether oxygens (including phenoxy) is 1. The molecule has 0 unspecified atom stereocenters. The lowest BCUT2D eigenvalue weighted by Gasteiger charge is -2.63. The van der Waals surface area contributed by atoms with E-state index in [9.17, 15) is 9.59 Å². The molecule has 1 saturated carbocycles. The number of benzene rings is 2. The van der Waals surface area contributed by atoms with Crippen molar-refractivity contribution < 1.29 is 18.7 Å². The average Bonchev–Trinajstić information content (AvgIpc) is 3.29. The zero-order valence-electron chi connectivity index (χ0n) is 27.1. The number of hydrogen-bond donors (Lipinski definition) is 1. The number of halogens is 1. The smallest absolute Gasteiger partial charge is 0.254 e. The van der Waals surface area contributed by atoms with Crippen molar-refractivity contribution >= 4 is 11.8 Å². The van der Waals surface area contributed by atoms with Gasteiger partial charge >= 0.3 is 0 Å². The van der Waals surface area contributed by atoms with Crippen molar-refractivity contribution in [3.63, 3.8) is 0 Å². The summed E-state index contributed by atoms with van der Waals surface area (Å²) in [6.07, 6.45) is 2.32. The van der Waals surface area contributed by atoms with Crippen molar-refractivity contribution in [2.24, 2.45) is 11.3 Å². The Kier molecular flexibility index (Phi) is 8.05. The molecule has 3 aromatic rings. The van der Waals surface area contributed by atoms with Gasteiger partial charge < -0.3 is 19.9 Å². The highest BCUT2D eigenvalue weighted by molar-refractivity contribution is 5.95. The summed E-state index contributed by atoms with van der Waals surface area (Å²) in [6, 6.07) is 14.9. The topological polar surface area (TPSA) is 90.9 Å². The van der Waals surface area contributed by atoms with Crippen LogP contribution < -0.4 is 10.1 Å². The molecule has 4 heterocycles. The Morgan fingerprint density at radius 1 is 1.07 bits per heavy atom. The Hall–Kier alpha value is -3.89. The van der Waals surface area contributed by atoms with Crippen LogP contribution in [0.5, 0.6) is 11.5 Å². The molecule has 0 radical (unpaired) electrons. The van der Waals surface area contributed by atoms with E-state index >= 15 is 4.39 Å². The quantitative estimate of drug-likeness (QED) is 0.355. The van der Waals surface area contributed by atoms with Crippen LogP contribution in [0.4, 0.5) is 4.39 Å². The van der Waals surface area contributed by atoms with E-state index in [2.05, 4.69) is 46.2 Å². The molecule has 3 saturated heterocycles. The summed E-state index contributed by atoms with van der Waals surface area (Å²) in [5, 5.41) is 11.8. The molecule has 1 atom stereocenters. The highest BCUT2D eigenvalue weighted by atomic mass is 19.1. The molecule has 3 aliphatic heterocycles. The standard InChI is InChI=1S/C36H43FN6O3/c1-22(2)31-9-10-32(40-39-31)24-5-7-28(8-6-24)46-33-13-29(30(37)12-25(33)17-42-16-23(3)11-34(42)44)35(45)38-26-14-36(15-26)20-43(21-36)27-18-41(4)19-27/h5-10,12-13,22-23,26-27H,11,14-21H2,1-4H3,(H,38,45)/t23-/m0/s1. The number of rotatable bonds is 9. The molecule has 1 spiro atoms. The number of aromatic nitrogens is 2. The van der Waals surface area contributed by atoms with Gasteiger partial charge in [-0.05, 0) is 85.7 Å². The van der Waals surface area contributed by atoms with Gasteiger partial charge in [0, 0.05) is 68.9 Å². The van der Waals surface area contributed by atoms with E-state index in [1.54, 1.807) is 4.90 Å². The number of likely N-dealkylation sites (N-methyl/N-ethyl adjacent to an activating group) is 1. The normalized spacial score (nSPS) is 21.7. The molecule has 1 N–H and O–H groups in total. The van der Waals surface area contributed by atoms with Crippen LogP contribution in [0.3, 0.4) is 0 Å². The monoisotopic (exact) mass is 626 g/mol. The van der Waals surface area contributed by atoms with Gasteiger partial charge in [0.05, 0.1) is 17.0 Å². The van der Waals surface area contributed by atoms with Gasteiger partial charge in [-0.15, -0.1) is 0 Å². The summed E-state index contributed by atoms with van der Waals surface area (Å²) in [7, 11) is 2.15. The van der Waals surface area contributed by atoms with Crippen LogP contribution in [0.15, 0.2) is 48.5 Å². The summed E-state index contributed by atoms with van der Waals surface area (Å²) >= 11 is 0. The van der Waals surface area contributed by atoms with Gasteiger partial charge in [-0.1, -0.05) is 20.8 Å². The number of hydrogen-bond acceptors (Lipinski definition) is 7. The fraction of sp³-hybridized carbons (Fsp3) is 0.500. The van der Waals surface area contributed by atoms with E-state index in [4.69, 9.17) is 4.74 Å². The van der Waals surface area contributed by atoms with E-state index in [0.29, 0.717) is 42.0 Å². The zero-order chi connectivity index (χ0) is 32.2. The van der Waals surface area contributed by atoms with E-state index in [1.807, 2.05) is 43.3 Å². The molecule has 2 aromatic carbocycles. The van der Waals surface area contributed by atoms with Crippen LogP contribution in [0.25, 0.3) is 11.3 Å². The highest BCUT2D eigenvalue weighted by Crippen LogP contribution is 2.49. The minimum Gasteiger partial charge on any atom is -0.457 e. The van der Waals surface area contributed by atoms with Gasteiger partial charge in [-0.25, -0.2) is 4.39 Å². The number of nitrogens with one attached hydrogen (secondary N) is 1. The van der Waals surface area contributed by atoms with Gasteiger partial charge in [0.2, 0.25) is 5.91 Å². The average molecular weight is 627 g/mol. The largest absolute Gasteiger partial charge is 0.457 e. The molecule has 4 fully saturated rings. The molecule has 2 amide bonds. The Labute approximate surface area is 270 Å². The third kappa shape index (κ3) is 6.12. The van der Waals surface area contributed by atoms with Gasteiger partial charge in [-0.2, -0.15) is 10.2 Å². The Morgan fingerprint density at radius 3 is 2.41 bits per heavy atom. The molecule has 4 aliphatic rings. The molecule has 7 rings (SSSR count). The van der Waals surface area contributed by atoms with Crippen molar-refractivity contribution in [3.05, 3.63) is 71.2 Å². The van der Waals surface area contributed by atoms with Gasteiger partial charge in [-0.3, -0.25) is 14.5 Å². The molecule has 1 aliphatic carbocycles. The maximum absolute atomic E-state index is 15.6. The van der Waals surface area contributed by atoms with E-state index in [1.165, 1.54) is 12.1 Å². The highest BCUT2D eigenvalue weighted by Gasteiger charge is 2.55. The maximum Gasteiger partial charge on any atom is 0.254 e. The zero-order valence-corrected chi connectivity index (χ0v) is 27.1. The summed E-state index contributed by atoms with van der Waals surface area (Å²) in [6.45, 7) is 11.4. The lowest BCUT2D eigenvalue weighted by atomic mass is 9.60. The summed E-state index contributed by atoms with van der Waals surface area (Å²) in [4.78, 5) is 32.6. The van der Waals surface area contributed by atoms with Crippen LogP contribution >= 0.6 is 0 Å². The fourth-order valence-corrected chi connectivity index (χ4v) is 7.52. The Bertz CT molecular complexity index is 1610. The van der Waals surface area contributed by atoms with E-state index < -0.39 is 11.7 Å². The van der Waals surface area contributed by atoms with Crippen molar-refractivity contribution in [2.75, 3.05) is 39.8 Å². The Morgan fingerprint density at radius 2 is 1.80 bits per heavy atom. The molecular formula is C36H43FN6O3. The first-order valence-electron chi connectivity index (χ1n) is 16.5. The second-order valence-corrected chi connectivity index (χ2v) is 14.5. The van der Waals surface area contributed by atoms with Crippen LogP contribution in [-0.4, -0.2) is 88.6 Å². The molecule has 1 aromatic heterocycles. The molecule has 242 valence electrons. The van der Waals surface area contributed by atoms with Crippen molar-refractivity contribution in [2.45, 2.75) is 64.6 Å². The first-order valence-corrected chi connectivity index (χ1v) is 16.5. The number of likely N-dealkylation sites (tertiary alicyclic amines) is 3.